The molecule has 1 saturated heterocycles. The molecule has 0 aliphatic carbocycles. The van der Waals surface area contributed by atoms with Gasteiger partial charge in [0.05, 0.1) is 16.7 Å². The number of halogens is 2. The Balaban J connectivity index is 1.29. The van der Waals surface area contributed by atoms with Crippen molar-refractivity contribution in [2.24, 2.45) is 4.99 Å². The van der Waals surface area contributed by atoms with Crippen LogP contribution in [0.25, 0.3) is 11.0 Å². The van der Waals surface area contributed by atoms with Gasteiger partial charge in [-0.1, -0.05) is 24.3 Å². The van der Waals surface area contributed by atoms with Gasteiger partial charge in [-0.25, -0.2) is 4.98 Å². The standard InChI is InChI=1S/C22H26F2N6O/c1-25-22(26-12-10-20-28-16-6-2-3-7-17(16)29-20)27-15-11-13-30(14-15)18-8-4-5-9-19(18)31-21(23)24/h2-9,15,21H,10-14H2,1H3,(H,28,29)(H2,25,26,27). The number of alkyl halides is 2. The van der Waals surface area contributed by atoms with Crippen molar-refractivity contribution < 1.29 is 13.5 Å². The lowest BCUT2D eigenvalue weighted by atomic mass is 10.2. The van der Waals surface area contributed by atoms with Gasteiger partial charge in [-0.2, -0.15) is 8.78 Å². The van der Waals surface area contributed by atoms with E-state index in [1.54, 1.807) is 25.2 Å². The number of nitrogens with one attached hydrogen (secondary N) is 3. The van der Waals surface area contributed by atoms with Gasteiger partial charge in [-0.15, -0.1) is 0 Å². The fourth-order valence-corrected chi connectivity index (χ4v) is 3.82. The largest absolute Gasteiger partial charge is 0.433 e. The molecule has 9 heteroatoms. The zero-order valence-electron chi connectivity index (χ0n) is 17.3. The van der Waals surface area contributed by atoms with Crippen LogP contribution in [0.3, 0.4) is 0 Å². The Hall–Kier alpha value is -3.36. The summed E-state index contributed by atoms with van der Waals surface area (Å²) in [5.74, 6) is 1.83. The maximum atomic E-state index is 12.7. The molecule has 1 aromatic heterocycles. The molecule has 3 aromatic rings. The first-order chi connectivity index (χ1) is 15.1. The van der Waals surface area contributed by atoms with Crippen molar-refractivity contribution in [2.45, 2.75) is 25.5 Å². The molecule has 1 atom stereocenters. The molecule has 2 aromatic carbocycles. The number of hydrogen-bond acceptors (Lipinski definition) is 4. The number of anilines is 1. The van der Waals surface area contributed by atoms with E-state index in [4.69, 9.17) is 0 Å². The van der Waals surface area contributed by atoms with E-state index >= 15 is 0 Å². The number of rotatable bonds is 7. The highest BCUT2D eigenvalue weighted by Crippen LogP contribution is 2.31. The molecule has 4 rings (SSSR count). The van der Waals surface area contributed by atoms with Crippen molar-refractivity contribution in [2.75, 3.05) is 31.6 Å². The number of ether oxygens (including phenoxy) is 1. The summed E-state index contributed by atoms with van der Waals surface area (Å²) in [6, 6.07) is 15.0. The second-order valence-corrected chi connectivity index (χ2v) is 7.37. The number of nitrogens with zero attached hydrogens (tertiary/aromatic N) is 3. The zero-order chi connectivity index (χ0) is 21.6. The fourth-order valence-electron chi connectivity index (χ4n) is 3.82. The van der Waals surface area contributed by atoms with Gasteiger partial charge in [-0.05, 0) is 30.7 Å². The molecule has 0 saturated carbocycles. The number of imidazole rings is 1. The number of H-pyrrole nitrogens is 1. The minimum Gasteiger partial charge on any atom is -0.433 e. The maximum absolute atomic E-state index is 12.7. The number of benzene rings is 2. The van der Waals surface area contributed by atoms with Gasteiger partial charge in [0, 0.05) is 39.1 Å². The Labute approximate surface area is 179 Å². The third-order valence-electron chi connectivity index (χ3n) is 5.27. The summed E-state index contributed by atoms with van der Waals surface area (Å²) in [5, 5.41) is 6.73. The van der Waals surface area contributed by atoms with E-state index in [2.05, 4.69) is 35.2 Å². The number of aliphatic imine (C=N–C) groups is 1. The highest BCUT2D eigenvalue weighted by Gasteiger charge is 2.26. The molecule has 2 heterocycles. The lowest BCUT2D eigenvalue weighted by molar-refractivity contribution is -0.0495. The van der Waals surface area contributed by atoms with Crippen LogP contribution in [0.1, 0.15) is 12.2 Å². The van der Waals surface area contributed by atoms with E-state index in [9.17, 15) is 8.78 Å². The average Bonchev–Trinajstić information content (AvgIpc) is 3.39. The first-order valence-corrected chi connectivity index (χ1v) is 10.3. The monoisotopic (exact) mass is 428 g/mol. The molecule has 3 N–H and O–H groups in total. The van der Waals surface area contributed by atoms with E-state index in [0.29, 0.717) is 24.7 Å². The lowest BCUT2D eigenvalue weighted by Crippen LogP contribution is -2.45. The smallest absolute Gasteiger partial charge is 0.387 e. The number of guanidine groups is 1. The summed E-state index contributed by atoms with van der Waals surface area (Å²) >= 11 is 0. The molecule has 1 fully saturated rings. The molecular formula is C22H26F2N6O. The molecule has 1 unspecified atom stereocenters. The highest BCUT2D eigenvalue weighted by atomic mass is 19.3. The van der Waals surface area contributed by atoms with Gasteiger partial charge >= 0.3 is 6.61 Å². The van der Waals surface area contributed by atoms with Crippen molar-refractivity contribution in [3.63, 3.8) is 0 Å². The number of aromatic amines is 1. The summed E-state index contributed by atoms with van der Waals surface area (Å²) in [6.45, 7) is -0.737. The average molecular weight is 428 g/mol. The molecule has 0 bridgehead atoms. The second kappa shape index (κ2) is 9.63. The van der Waals surface area contributed by atoms with Crippen LogP contribution in [0.2, 0.25) is 0 Å². The zero-order valence-corrected chi connectivity index (χ0v) is 17.3. The molecule has 0 amide bonds. The van der Waals surface area contributed by atoms with E-state index in [-0.39, 0.29) is 11.8 Å². The third kappa shape index (κ3) is 5.22. The summed E-state index contributed by atoms with van der Waals surface area (Å²) in [5.41, 5.74) is 2.67. The number of hydrogen-bond donors (Lipinski definition) is 3. The first-order valence-electron chi connectivity index (χ1n) is 10.3. The van der Waals surface area contributed by atoms with E-state index in [1.165, 1.54) is 0 Å². The van der Waals surface area contributed by atoms with E-state index in [0.717, 1.165) is 36.2 Å². The predicted octanol–water partition coefficient (Wildman–Crippen LogP) is 3.15. The molecule has 31 heavy (non-hydrogen) atoms. The molecule has 1 aliphatic heterocycles. The summed E-state index contributed by atoms with van der Waals surface area (Å²) < 4.78 is 30.1. The normalized spacial score (nSPS) is 16.8. The van der Waals surface area contributed by atoms with Crippen LogP contribution in [-0.4, -0.2) is 55.3 Å². The van der Waals surface area contributed by atoms with Crippen LogP contribution in [0.5, 0.6) is 5.75 Å². The molecule has 164 valence electrons. The number of para-hydroxylation sites is 4. The lowest BCUT2D eigenvalue weighted by Gasteiger charge is -2.22. The predicted molar refractivity (Wildman–Crippen MR) is 118 cm³/mol. The SMILES string of the molecule is CN=C(NCCc1nc2ccccc2[nH]1)NC1CCN(c2ccccc2OC(F)F)C1. The van der Waals surface area contributed by atoms with Crippen molar-refractivity contribution >= 4 is 22.7 Å². The maximum Gasteiger partial charge on any atom is 0.387 e. The number of fused-ring (bicyclic) bond motifs is 1. The van der Waals surface area contributed by atoms with Gasteiger partial charge in [0.2, 0.25) is 0 Å². The van der Waals surface area contributed by atoms with Crippen molar-refractivity contribution in [1.82, 2.24) is 20.6 Å². The minimum atomic E-state index is -2.84. The van der Waals surface area contributed by atoms with Crippen LogP contribution < -0.4 is 20.3 Å². The summed E-state index contributed by atoms with van der Waals surface area (Å²) in [7, 11) is 1.73. The highest BCUT2D eigenvalue weighted by molar-refractivity contribution is 5.80. The minimum absolute atomic E-state index is 0.150. The molecule has 0 spiro atoms. The number of aromatic nitrogens is 2. The second-order valence-electron chi connectivity index (χ2n) is 7.37. The molecule has 7 nitrogen and oxygen atoms in total. The van der Waals surface area contributed by atoms with Crippen molar-refractivity contribution in [3.8, 4) is 5.75 Å². The van der Waals surface area contributed by atoms with Crippen LogP contribution in [-0.2, 0) is 6.42 Å². The van der Waals surface area contributed by atoms with E-state index < -0.39 is 6.61 Å². The Morgan fingerprint density at radius 1 is 1.26 bits per heavy atom. The molecule has 1 aliphatic rings. The fraction of sp³-hybridized carbons (Fsp3) is 0.364. The van der Waals surface area contributed by atoms with E-state index in [1.807, 2.05) is 30.3 Å². The van der Waals surface area contributed by atoms with Crippen LogP contribution in [0.4, 0.5) is 14.5 Å². The van der Waals surface area contributed by atoms with Gasteiger partial charge < -0.3 is 25.3 Å². The van der Waals surface area contributed by atoms with Crippen LogP contribution in [0, 0.1) is 0 Å². The Bertz CT molecular complexity index is 1000. The Morgan fingerprint density at radius 3 is 2.87 bits per heavy atom. The summed E-state index contributed by atoms with van der Waals surface area (Å²) in [4.78, 5) is 14.3. The van der Waals surface area contributed by atoms with Crippen molar-refractivity contribution in [3.05, 3.63) is 54.4 Å². The molecule has 0 radical (unpaired) electrons. The van der Waals surface area contributed by atoms with Gasteiger partial charge in [0.15, 0.2) is 5.96 Å². The topological polar surface area (TPSA) is 77.6 Å². The van der Waals surface area contributed by atoms with Crippen LogP contribution in [0.15, 0.2) is 53.5 Å². The van der Waals surface area contributed by atoms with Crippen molar-refractivity contribution in [1.29, 1.82) is 0 Å². The quantitative estimate of drug-likeness (QED) is 0.398. The molecular weight excluding hydrogens is 402 g/mol. The Morgan fingerprint density at radius 2 is 2.06 bits per heavy atom. The van der Waals surface area contributed by atoms with Crippen LogP contribution >= 0.6 is 0 Å². The van der Waals surface area contributed by atoms with Gasteiger partial charge in [0.25, 0.3) is 0 Å². The third-order valence-corrected chi connectivity index (χ3v) is 5.27. The van der Waals surface area contributed by atoms with Gasteiger partial charge in [-0.3, -0.25) is 4.99 Å². The van der Waals surface area contributed by atoms with Gasteiger partial charge in [0.1, 0.15) is 11.6 Å². The summed E-state index contributed by atoms with van der Waals surface area (Å²) in [6.07, 6.45) is 1.61. The Kier molecular flexibility index (Phi) is 6.49. The first kappa shape index (κ1) is 20.9.